The zero-order valence-electron chi connectivity index (χ0n) is 18.1. The lowest BCUT2D eigenvalue weighted by atomic mass is 10.0. The molecule has 0 saturated carbocycles. The second-order valence-corrected chi connectivity index (χ2v) is 8.18. The van der Waals surface area contributed by atoms with E-state index in [0.717, 1.165) is 10.8 Å². The molecule has 0 unspecified atom stereocenters. The van der Waals surface area contributed by atoms with Crippen LogP contribution in [0, 0.1) is 0 Å². The zero-order chi connectivity index (χ0) is 25.2. The van der Waals surface area contributed by atoms with Crippen molar-refractivity contribution in [3.8, 4) is 22.5 Å². The van der Waals surface area contributed by atoms with Crippen molar-refractivity contribution in [1.82, 2.24) is 9.97 Å². The van der Waals surface area contributed by atoms with Gasteiger partial charge < -0.3 is 4.42 Å². The molecule has 0 spiro atoms. The summed E-state index contributed by atoms with van der Waals surface area (Å²) in [5, 5.41) is 1.55. The van der Waals surface area contributed by atoms with Gasteiger partial charge in [-0.2, -0.15) is 17.6 Å². The predicted octanol–water partition coefficient (Wildman–Crippen LogP) is 5.85. The fraction of sp³-hybridized carbons (Fsp3) is 0.0769. The quantitative estimate of drug-likeness (QED) is 0.234. The van der Waals surface area contributed by atoms with Crippen LogP contribution in [-0.2, 0) is 9.59 Å². The lowest BCUT2D eigenvalue weighted by Gasteiger charge is -2.14. The number of carbonyl (C=O) groups excluding carboxylic acids is 2. The minimum absolute atomic E-state index is 0.0858. The van der Waals surface area contributed by atoms with E-state index in [1.54, 1.807) is 54.6 Å². The molecule has 2 aromatic heterocycles. The van der Waals surface area contributed by atoms with E-state index in [4.69, 9.17) is 4.42 Å². The highest BCUT2D eigenvalue weighted by atomic mass is 19.3. The first-order valence-corrected chi connectivity index (χ1v) is 10.7. The molecule has 178 valence electrons. The van der Waals surface area contributed by atoms with Crippen molar-refractivity contribution in [1.29, 1.82) is 0 Å². The summed E-state index contributed by atoms with van der Waals surface area (Å²) >= 11 is 0. The van der Waals surface area contributed by atoms with Crippen LogP contribution in [0.4, 0.5) is 23.5 Å². The molecule has 0 bridgehead atoms. The summed E-state index contributed by atoms with van der Waals surface area (Å²) in [5.74, 6) is -16.1. The molecule has 0 N–H and O–H groups in total. The molecular formula is C26H13F4N3O3. The molecule has 3 aromatic carbocycles. The van der Waals surface area contributed by atoms with E-state index in [0.29, 0.717) is 22.3 Å². The molecule has 6 rings (SSSR count). The number of nitrogens with zero attached hydrogens (tertiary/aromatic N) is 3. The van der Waals surface area contributed by atoms with Crippen LogP contribution in [0.3, 0.4) is 0 Å². The monoisotopic (exact) mass is 491 g/mol. The van der Waals surface area contributed by atoms with E-state index in [1.807, 2.05) is 18.2 Å². The summed E-state index contributed by atoms with van der Waals surface area (Å²) in [6, 6.07) is 22.3. The molecule has 0 atom stereocenters. The van der Waals surface area contributed by atoms with Crippen molar-refractivity contribution < 1.29 is 31.6 Å². The van der Waals surface area contributed by atoms with Gasteiger partial charge in [0.05, 0.1) is 11.4 Å². The minimum atomic E-state index is -5.23. The number of fused-ring (bicyclic) bond motifs is 3. The lowest BCUT2D eigenvalue weighted by Crippen LogP contribution is -2.43. The average molecular weight is 491 g/mol. The molecule has 10 heteroatoms. The van der Waals surface area contributed by atoms with Gasteiger partial charge in [0.15, 0.2) is 0 Å². The summed E-state index contributed by atoms with van der Waals surface area (Å²) < 4.78 is 62.2. The van der Waals surface area contributed by atoms with Crippen molar-refractivity contribution in [3.63, 3.8) is 0 Å². The maximum Gasteiger partial charge on any atom is 0.396 e. The lowest BCUT2D eigenvalue weighted by molar-refractivity contribution is -0.192. The van der Waals surface area contributed by atoms with E-state index < -0.39 is 29.6 Å². The Morgan fingerprint density at radius 3 is 2.03 bits per heavy atom. The Labute approximate surface area is 199 Å². The van der Waals surface area contributed by atoms with E-state index in [9.17, 15) is 27.2 Å². The largest absolute Gasteiger partial charge is 0.455 e. The number of rotatable bonds is 3. The van der Waals surface area contributed by atoms with E-state index in [1.165, 1.54) is 6.07 Å². The van der Waals surface area contributed by atoms with Gasteiger partial charge in [-0.05, 0) is 18.2 Å². The fourth-order valence-electron chi connectivity index (χ4n) is 4.20. The number of para-hydroxylation sites is 2. The van der Waals surface area contributed by atoms with E-state index in [-0.39, 0.29) is 16.3 Å². The Balaban J connectivity index is 1.62. The van der Waals surface area contributed by atoms with Crippen molar-refractivity contribution in [2.24, 2.45) is 0 Å². The van der Waals surface area contributed by atoms with Crippen LogP contribution in [0.2, 0.25) is 0 Å². The average Bonchev–Trinajstić information content (AvgIpc) is 3.32. The highest BCUT2D eigenvalue weighted by Gasteiger charge is 2.76. The molecule has 3 heterocycles. The SMILES string of the molecule is O=C1N(c2nc(-c3ccccc3)cc(-c3cccc4c3oc3ccccc34)n2)C(=O)C(F)(F)C1(F)F. The Kier molecular flexibility index (Phi) is 4.53. The van der Waals surface area contributed by atoms with Gasteiger partial charge in [0, 0.05) is 21.9 Å². The number of anilines is 1. The third-order valence-corrected chi connectivity index (χ3v) is 6.00. The Bertz CT molecular complexity index is 1670. The number of imide groups is 1. The van der Waals surface area contributed by atoms with Crippen molar-refractivity contribution in [3.05, 3.63) is 78.9 Å². The van der Waals surface area contributed by atoms with Crippen LogP contribution in [0.1, 0.15) is 0 Å². The maximum absolute atomic E-state index is 14.0. The molecule has 6 nitrogen and oxygen atoms in total. The molecule has 1 fully saturated rings. The summed E-state index contributed by atoms with van der Waals surface area (Å²) in [5.41, 5.74) is 2.07. The van der Waals surface area contributed by atoms with E-state index in [2.05, 4.69) is 9.97 Å². The van der Waals surface area contributed by atoms with Crippen LogP contribution in [0.25, 0.3) is 44.5 Å². The minimum Gasteiger partial charge on any atom is -0.455 e. The van der Waals surface area contributed by atoms with Crippen LogP contribution in [0.5, 0.6) is 0 Å². The molecule has 1 aliphatic rings. The van der Waals surface area contributed by atoms with Gasteiger partial charge in [-0.25, -0.2) is 14.9 Å². The zero-order valence-corrected chi connectivity index (χ0v) is 18.1. The summed E-state index contributed by atoms with van der Waals surface area (Å²) in [4.78, 5) is 32.3. The second kappa shape index (κ2) is 7.45. The van der Waals surface area contributed by atoms with Gasteiger partial charge in [-0.1, -0.05) is 60.7 Å². The first kappa shape index (κ1) is 21.9. The van der Waals surface area contributed by atoms with Gasteiger partial charge in [-0.3, -0.25) is 9.59 Å². The first-order chi connectivity index (χ1) is 17.2. The number of halogens is 4. The topological polar surface area (TPSA) is 76.3 Å². The normalized spacial score (nSPS) is 16.8. The van der Waals surface area contributed by atoms with Crippen molar-refractivity contribution in [2.75, 3.05) is 4.90 Å². The predicted molar refractivity (Wildman–Crippen MR) is 123 cm³/mol. The molecule has 36 heavy (non-hydrogen) atoms. The van der Waals surface area contributed by atoms with Gasteiger partial charge in [0.2, 0.25) is 5.95 Å². The number of amides is 2. The highest BCUT2D eigenvalue weighted by Crippen LogP contribution is 2.45. The molecular weight excluding hydrogens is 478 g/mol. The summed E-state index contributed by atoms with van der Waals surface area (Å²) in [7, 11) is 0. The fourth-order valence-corrected chi connectivity index (χ4v) is 4.20. The van der Waals surface area contributed by atoms with Gasteiger partial charge in [0.25, 0.3) is 0 Å². The third kappa shape index (κ3) is 2.97. The second-order valence-electron chi connectivity index (χ2n) is 8.18. The molecule has 5 aromatic rings. The number of alkyl halides is 4. The van der Waals surface area contributed by atoms with Crippen LogP contribution in [-0.4, -0.2) is 33.6 Å². The first-order valence-electron chi connectivity index (χ1n) is 10.7. The highest BCUT2D eigenvalue weighted by molar-refractivity contribution is 6.26. The van der Waals surface area contributed by atoms with Crippen LogP contribution >= 0.6 is 0 Å². The third-order valence-electron chi connectivity index (χ3n) is 6.00. The van der Waals surface area contributed by atoms with Gasteiger partial charge in [-0.15, -0.1) is 0 Å². The number of aromatic nitrogens is 2. The number of hydrogen-bond acceptors (Lipinski definition) is 5. The Hall–Kier alpha value is -4.60. The van der Waals surface area contributed by atoms with Crippen molar-refractivity contribution in [2.45, 2.75) is 11.8 Å². The number of carbonyl (C=O) groups is 2. The number of furan rings is 1. The van der Waals surface area contributed by atoms with Crippen molar-refractivity contribution >= 4 is 39.7 Å². The maximum atomic E-state index is 14.0. The number of hydrogen-bond donors (Lipinski definition) is 0. The molecule has 2 amide bonds. The number of benzene rings is 3. The van der Waals surface area contributed by atoms with Crippen LogP contribution in [0.15, 0.2) is 83.3 Å². The van der Waals surface area contributed by atoms with Gasteiger partial charge in [0.1, 0.15) is 11.2 Å². The standard InChI is InChI=1S/C26H13F4N3O3/c27-25(28)22(34)33(23(35)26(25,29)30)24-31-18(14-7-2-1-3-8-14)13-19(32-24)17-11-6-10-16-15-9-4-5-12-20(15)36-21(16)17/h1-13H. The smallest absolute Gasteiger partial charge is 0.396 e. The Morgan fingerprint density at radius 2 is 1.31 bits per heavy atom. The molecule has 0 radical (unpaired) electrons. The van der Waals surface area contributed by atoms with E-state index >= 15 is 0 Å². The summed E-state index contributed by atoms with van der Waals surface area (Å²) in [6.45, 7) is 0. The molecule has 1 saturated heterocycles. The molecule has 1 aliphatic heterocycles. The molecule has 0 aliphatic carbocycles. The van der Waals surface area contributed by atoms with Gasteiger partial charge >= 0.3 is 23.7 Å². The van der Waals surface area contributed by atoms with Crippen LogP contribution < -0.4 is 4.90 Å². The summed E-state index contributed by atoms with van der Waals surface area (Å²) in [6.07, 6.45) is 0. The Morgan fingerprint density at radius 1 is 0.694 bits per heavy atom.